The predicted molar refractivity (Wildman–Crippen MR) is 68.0 cm³/mol. The maximum absolute atomic E-state index is 12.9. The van der Waals surface area contributed by atoms with Gasteiger partial charge in [-0.05, 0) is 25.2 Å². The number of rotatable bonds is 5. The Hall–Kier alpha value is -1.46. The molecule has 1 N–H and O–H groups in total. The lowest BCUT2D eigenvalue weighted by Crippen LogP contribution is -2.24. The van der Waals surface area contributed by atoms with Crippen molar-refractivity contribution in [2.45, 2.75) is 57.8 Å². The van der Waals surface area contributed by atoms with Gasteiger partial charge in [0.1, 0.15) is 0 Å². The summed E-state index contributed by atoms with van der Waals surface area (Å²) >= 11 is 0. The van der Waals surface area contributed by atoms with Gasteiger partial charge < -0.3 is 9.52 Å². The van der Waals surface area contributed by atoms with E-state index in [9.17, 15) is 13.6 Å². The molecule has 1 aliphatic carbocycles. The summed E-state index contributed by atoms with van der Waals surface area (Å²) in [5, 5.41) is 8.97. The topological polar surface area (TPSA) is 63.3 Å². The van der Waals surface area contributed by atoms with Crippen molar-refractivity contribution in [2.75, 3.05) is 0 Å². The van der Waals surface area contributed by atoms with Gasteiger partial charge in [-0.3, -0.25) is 0 Å². The molecule has 1 fully saturated rings. The van der Waals surface area contributed by atoms with E-state index in [1.54, 1.807) is 0 Å². The van der Waals surface area contributed by atoms with Gasteiger partial charge in [-0.2, -0.15) is 0 Å². The number of aromatic carboxylic acids is 1. The minimum absolute atomic E-state index is 0.177. The molecule has 0 bridgehead atoms. The van der Waals surface area contributed by atoms with Gasteiger partial charge in [0.15, 0.2) is 5.69 Å². The standard InChI is InChI=1S/C14H19F2NO3/c1-8(2)7-14(5-3-4-6-14)13-17-9(11(15)16)10(20-13)12(18)19/h8,11H,3-7H2,1-2H3,(H,18,19). The summed E-state index contributed by atoms with van der Waals surface area (Å²) in [5.74, 6) is -1.67. The van der Waals surface area contributed by atoms with Crippen molar-refractivity contribution in [1.82, 2.24) is 4.98 Å². The van der Waals surface area contributed by atoms with Gasteiger partial charge in [-0.1, -0.05) is 26.7 Å². The molecular weight excluding hydrogens is 268 g/mol. The highest BCUT2D eigenvalue weighted by atomic mass is 19.3. The number of hydrogen-bond acceptors (Lipinski definition) is 3. The number of aromatic nitrogens is 1. The summed E-state index contributed by atoms with van der Waals surface area (Å²) in [6, 6.07) is 0. The summed E-state index contributed by atoms with van der Waals surface area (Å²) < 4.78 is 31.0. The fourth-order valence-electron chi connectivity index (χ4n) is 3.20. The quantitative estimate of drug-likeness (QED) is 0.882. The molecule has 0 radical (unpaired) electrons. The third-order valence-corrected chi connectivity index (χ3v) is 3.87. The maximum Gasteiger partial charge on any atom is 0.374 e. The van der Waals surface area contributed by atoms with Crippen LogP contribution in [0.4, 0.5) is 8.78 Å². The van der Waals surface area contributed by atoms with Crippen molar-refractivity contribution in [3.63, 3.8) is 0 Å². The first-order valence-corrected chi connectivity index (χ1v) is 6.88. The van der Waals surface area contributed by atoms with Crippen LogP contribution in [0.5, 0.6) is 0 Å². The highest BCUT2D eigenvalue weighted by Gasteiger charge is 2.42. The van der Waals surface area contributed by atoms with Crippen molar-refractivity contribution in [2.24, 2.45) is 5.92 Å². The van der Waals surface area contributed by atoms with E-state index in [0.29, 0.717) is 5.92 Å². The molecule has 0 amide bonds. The second-order valence-corrected chi connectivity index (χ2v) is 5.92. The van der Waals surface area contributed by atoms with Crippen LogP contribution >= 0.6 is 0 Å². The number of hydrogen-bond donors (Lipinski definition) is 1. The minimum atomic E-state index is -2.93. The molecule has 0 unspecified atom stereocenters. The van der Waals surface area contributed by atoms with E-state index in [4.69, 9.17) is 9.52 Å². The van der Waals surface area contributed by atoms with Gasteiger partial charge in [0, 0.05) is 5.41 Å². The van der Waals surface area contributed by atoms with Crippen LogP contribution in [0, 0.1) is 5.92 Å². The molecule has 0 atom stereocenters. The van der Waals surface area contributed by atoms with Crippen LogP contribution in [0.2, 0.25) is 0 Å². The van der Waals surface area contributed by atoms with Crippen molar-refractivity contribution < 1.29 is 23.1 Å². The van der Waals surface area contributed by atoms with Crippen LogP contribution in [0.25, 0.3) is 0 Å². The van der Waals surface area contributed by atoms with Crippen molar-refractivity contribution >= 4 is 5.97 Å². The molecule has 1 saturated carbocycles. The van der Waals surface area contributed by atoms with E-state index >= 15 is 0 Å². The van der Waals surface area contributed by atoms with E-state index < -0.39 is 23.8 Å². The lowest BCUT2D eigenvalue weighted by Gasteiger charge is -2.27. The largest absolute Gasteiger partial charge is 0.475 e. The summed E-state index contributed by atoms with van der Waals surface area (Å²) in [6.07, 6.45) is 1.44. The Morgan fingerprint density at radius 1 is 1.40 bits per heavy atom. The van der Waals surface area contributed by atoms with Gasteiger partial charge in [0.2, 0.25) is 11.7 Å². The fraction of sp³-hybridized carbons (Fsp3) is 0.714. The second kappa shape index (κ2) is 5.50. The average Bonchev–Trinajstić information content (AvgIpc) is 2.93. The number of carboxylic acid groups (broad SMARTS) is 1. The smallest absolute Gasteiger partial charge is 0.374 e. The van der Waals surface area contributed by atoms with Gasteiger partial charge in [-0.15, -0.1) is 0 Å². The first-order valence-electron chi connectivity index (χ1n) is 6.88. The molecule has 1 heterocycles. The second-order valence-electron chi connectivity index (χ2n) is 5.92. The first kappa shape index (κ1) is 14.9. The third kappa shape index (κ3) is 2.69. The zero-order valence-corrected chi connectivity index (χ0v) is 11.7. The van der Waals surface area contributed by atoms with Crippen molar-refractivity contribution in [3.05, 3.63) is 17.3 Å². The molecule has 0 aliphatic heterocycles. The monoisotopic (exact) mass is 287 g/mol. The molecule has 6 heteroatoms. The highest BCUT2D eigenvalue weighted by molar-refractivity contribution is 5.85. The third-order valence-electron chi connectivity index (χ3n) is 3.87. The lowest BCUT2D eigenvalue weighted by atomic mass is 9.78. The van der Waals surface area contributed by atoms with E-state index in [1.165, 1.54) is 0 Å². The normalized spacial score (nSPS) is 18.1. The number of oxazole rings is 1. The van der Waals surface area contributed by atoms with Crippen LogP contribution in [0.15, 0.2) is 4.42 Å². The Bertz CT molecular complexity index is 491. The van der Waals surface area contributed by atoms with E-state index in [0.717, 1.165) is 32.1 Å². The summed E-state index contributed by atoms with van der Waals surface area (Å²) in [4.78, 5) is 14.9. The molecule has 0 aromatic carbocycles. The first-order chi connectivity index (χ1) is 9.35. The molecular formula is C14H19F2NO3. The molecule has 20 heavy (non-hydrogen) atoms. The summed E-state index contributed by atoms with van der Waals surface area (Å²) in [5.41, 5.74) is -1.13. The molecule has 1 aliphatic rings. The number of carbonyl (C=O) groups is 1. The molecule has 1 aromatic rings. The lowest BCUT2D eigenvalue weighted by molar-refractivity contribution is 0.0641. The van der Waals surface area contributed by atoms with Gasteiger partial charge in [-0.25, -0.2) is 18.6 Å². The Balaban J connectivity index is 2.44. The Morgan fingerprint density at radius 3 is 2.40 bits per heavy atom. The van der Waals surface area contributed by atoms with Crippen LogP contribution in [0.3, 0.4) is 0 Å². The van der Waals surface area contributed by atoms with Crippen LogP contribution in [0.1, 0.15) is 74.5 Å². The molecule has 4 nitrogen and oxygen atoms in total. The molecule has 0 spiro atoms. The van der Waals surface area contributed by atoms with E-state index in [1.807, 2.05) is 0 Å². The fourth-order valence-corrected chi connectivity index (χ4v) is 3.20. The molecule has 112 valence electrons. The van der Waals surface area contributed by atoms with Gasteiger partial charge in [0.05, 0.1) is 0 Å². The number of halogens is 2. The predicted octanol–water partition coefficient (Wildman–Crippen LogP) is 4.17. The molecule has 1 aromatic heterocycles. The van der Waals surface area contributed by atoms with Crippen LogP contribution < -0.4 is 0 Å². The SMILES string of the molecule is CC(C)CC1(c2nc(C(F)F)c(C(=O)O)o2)CCCC1. The van der Waals surface area contributed by atoms with Gasteiger partial charge >= 0.3 is 5.97 Å². The Kier molecular flexibility index (Phi) is 4.11. The number of alkyl halides is 2. The average molecular weight is 287 g/mol. The summed E-state index contributed by atoms with van der Waals surface area (Å²) in [6.45, 7) is 4.10. The summed E-state index contributed by atoms with van der Waals surface area (Å²) in [7, 11) is 0. The molecule has 2 rings (SSSR count). The number of carboxylic acids is 1. The Morgan fingerprint density at radius 2 is 2.00 bits per heavy atom. The minimum Gasteiger partial charge on any atom is -0.475 e. The van der Waals surface area contributed by atoms with E-state index in [-0.39, 0.29) is 11.3 Å². The Labute approximate surface area is 116 Å². The van der Waals surface area contributed by atoms with E-state index in [2.05, 4.69) is 18.8 Å². The zero-order valence-electron chi connectivity index (χ0n) is 11.7. The van der Waals surface area contributed by atoms with Crippen LogP contribution in [-0.4, -0.2) is 16.1 Å². The van der Waals surface area contributed by atoms with Crippen molar-refractivity contribution in [1.29, 1.82) is 0 Å². The maximum atomic E-state index is 12.9. The number of nitrogens with zero attached hydrogens (tertiary/aromatic N) is 1. The molecule has 0 saturated heterocycles. The van der Waals surface area contributed by atoms with Crippen molar-refractivity contribution in [3.8, 4) is 0 Å². The zero-order chi connectivity index (χ0) is 14.9. The highest BCUT2D eigenvalue weighted by Crippen LogP contribution is 2.46. The van der Waals surface area contributed by atoms with Gasteiger partial charge in [0.25, 0.3) is 6.43 Å². The van der Waals surface area contributed by atoms with Crippen LogP contribution in [-0.2, 0) is 5.41 Å².